The Morgan fingerprint density at radius 1 is 1.67 bits per heavy atom. The lowest BCUT2D eigenvalue weighted by atomic mass is 10.3. The van der Waals surface area contributed by atoms with Gasteiger partial charge in [0.25, 0.3) is 0 Å². The molecule has 3 heteroatoms. The van der Waals surface area contributed by atoms with Gasteiger partial charge in [0.1, 0.15) is 0 Å². The Labute approximate surface area is 70.7 Å². The lowest BCUT2D eigenvalue weighted by Crippen LogP contribution is -1.93. The first kappa shape index (κ1) is 8.46. The summed E-state index contributed by atoms with van der Waals surface area (Å²) in [5, 5.41) is 0. The maximum Gasteiger partial charge on any atom is 0.330 e. The molecule has 0 fully saturated rings. The Bertz CT molecular complexity index is 280. The van der Waals surface area contributed by atoms with Gasteiger partial charge in [0, 0.05) is 18.5 Å². The van der Waals surface area contributed by atoms with Crippen molar-refractivity contribution < 1.29 is 9.53 Å². The number of pyridine rings is 1. The van der Waals surface area contributed by atoms with Gasteiger partial charge in [-0.25, -0.2) is 4.79 Å². The molecule has 12 heavy (non-hydrogen) atoms. The molecule has 3 nitrogen and oxygen atoms in total. The Morgan fingerprint density at radius 3 is 3.08 bits per heavy atom. The van der Waals surface area contributed by atoms with Gasteiger partial charge in [-0.3, -0.25) is 4.98 Å². The van der Waals surface area contributed by atoms with Crippen LogP contribution in [-0.4, -0.2) is 18.1 Å². The monoisotopic (exact) mass is 163 g/mol. The van der Waals surface area contributed by atoms with E-state index in [0.717, 1.165) is 5.56 Å². The largest absolute Gasteiger partial charge is 0.466 e. The molecule has 0 aliphatic carbocycles. The summed E-state index contributed by atoms with van der Waals surface area (Å²) in [5.74, 6) is -0.362. The molecule has 1 heterocycles. The van der Waals surface area contributed by atoms with Crippen molar-refractivity contribution in [2.75, 3.05) is 7.11 Å². The minimum atomic E-state index is -0.362. The van der Waals surface area contributed by atoms with E-state index in [4.69, 9.17) is 0 Å². The highest BCUT2D eigenvalue weighted by Crippen LogP contribution is 1.98. The van der Waals surface area contributed by atoms with Crippen molar-refractivity contribution in [1.29, 1.82) is 0 Å². The number of esters is 1. The van der Waals surface area contributed by atoms with E-state index in [9.17, 15) is 4.79 Å². The van der Waals surface area contributed by atoms with Crippen LogP contribution in [0.4, 0.5) is 0 Å². The summed E-state index contributed by atoms with van der Waals surface area (Å²) in [6.07, 6.45) is 6.35. The molecule has 1 aromatic rings. The maximum atomic E-state index is 10.7. The van der Waals surface area contributed by atoms with Crippen LogP contribution in [0.1, 0.15) is 5.56 Å². The van der Waals surface area contributed by atoms with E-state index in [1.807, 2.05) is 6.07 Å². The molecule has 1 aromatic heterocycles. The zero-order chi connectivity index (χ0) is 8.81. The van der Waals surface area contributed by atoms with Crippen molar-refractivity contribution in [1.82, 2.24) is 4.98 Å². The first-order valence-corrected chi connectivity index (χ1v) is 3.49. The fourth-order valence-corrected chi connectivity index (χ4v) is 0.707. The SMILES string of the molecule is COC(=O)C=Cc1cccnc1. The van der Waals surface area contributed by atoms with E-state index in [2.05, 4.69) is 9.72 Å². The van der Waals surface area contributed by atoms with Crippen LogP contribution in [0.5, 0.6) is 0 Å². The number of ether oxygens (including phenoxy) is 1. The minimum absolute atomic E-state index is 0.362. The average molecular weight is 163 g/mol. The third kappa shape index (κ3) is 2.54. The standard InChI is InChI=1S/C9H9NO2/c1-12-9(11)5-4-8-3-2-6-10-7-8/h2-7H,1H3. The lowest BCUT2D eigenvalue weighted by molar-refractivity contribution is -0.134. The molecule has 0 radical (unpaired) electrons. The van der Waals surface area contributed by atoms with Crippen LogP contribution in [-0.2, 0) is 9.53 Å². The van der Waals surface area contributed by atoms with E-state index in [-0.39, 0.29) is 5.97 Å². The van der Waals surface area contributed by atoms with Crippen LogP contribution in [0, 0.1) is 0 Å². The van der Waals surface area contributed by atoms with Crippen LogP contribution in [0.2, 0.25) is 0 Å². The van der Waals surface area contributed by atoms with E-state index < -0.39 is 0 Å². The smallest absolute Gasteiger partial charge is 0.330 e. The predicted octanol–water partition coefficient (Wildman–Crippen LogP) is 1.27. The topological polar surface area (TPSA) is 39.2 Å². The van der Waals surface area contributed by atoms with E-state index >= 15 is 0 Å². The van der Waals surface area contributed by atoms with Crippen LogP contribution < -0.4 is 0 Å². The number of carbonyl (C=O) groups is 1. The van der Waals surface area contributed by atoms with Gasteiger partial charge in [0.15, 0.2) is 0 Å². The number of hydrogen-bond donors (Lipinski definition) is 0. The quantitative estimate of drug-likeness (QED) is 0.486. The highest BCUT2D eigenvalue weighted by Gasteiger charge is 1.90. The number of aromatic nitrogens is 1. The molecule has 62 valence electrons. The summed E-state index contributed by atoms with van der Waals surface area (Å²) in [6.45, 7) is 0. The maximum absolute atomic E-state index is 10.7. The van der Waals surface area contributed by atoms with Crippen LogP contribution >= 0.6 is 0 Å². The minimum Gasteiger partial charge on any atom is -0.466 e. The highest BCUT2D eigenvalue weighted by atomic mass is 16.5. The molecule has 0 unspecified atom stereocenters. The number of rotatable bonds is 2. The number of methoxy groups -OCH3 is 1. The molecule has 0 bridgehead atoms. The number of carbonyl (C=O) groups excluding carboxylic acids is 1. The molecule has 1 rings (SSSR count). The van der Waals surface area contributed by atoms with Gasteiger partial charge in [-0.1, -0.05) is 6.07 Å². The molecule has 0 amide bonds. The van der Waals surface area contributed by atoms with Gasteiger partial charge in [0.2, 0.25) is 0 Å². The van der Waals surface area contributed by atoms with Crippen molar-refractivity contribution in [3.8, 4) is 0 Å². The molecule has 0 aliphatic heterocycles. The van der Waals surface area contributed by atoms with Gasteiger partial charge in [0.05, 0.1) is 7.11 Å². The first-order chi connectivity index (χ1) is 5.83. The van der Waals surface area contributed by atoms with Gasteiger partial charge < -0.3 is 4.74 Å². The zero-order valence-electron chi connectivity index (χ0n) is 6.73. The molecule has 0 atom stereocenters. The summed E-state index contributed by atoms with van der Waals surface area (Å²) in [7, 11) is 1.34. The van der Waals surface area contributed by atoms with Gasteiger partial charge in [-0.2, -0.15) is 0 Å². The first-order valence-electron chi connectivity index (χ1n) is 3.49. The fourth-order valence-electron chi connectivity index (χ4n) is 0.707. The van der Waals surface area contributed by atoms with Crippen LogP contribution in [0.15, 0.2) is 30.6 Å². The summed E-state index contributed by atoms with van der Waals surface area (Å²) in [6, 6.07) is 3.66. The highest BCUT2D eigenvalue weighted by molar-refractivity contribution is 5.86. The summed E-state index contributed by atoms with van der Waals surface area (Å²) in [4.78, 5) is 14.5. The second-order valence-corrected chi connectivity index (χ2v) is 2.14. The van der Waals surface area contributed by atoms with Crippen molar-refractivity contribution >= 4 is 12.0 Å². The summed E-state index contributed by atoms with van der Waals surface area (Å²) >= 11 is 0. The fraction of sp³-hybridized carbons (Fsp3) is 0.111. The predicted molar refractivity (Wildman–Crippen MR) is 45.3 cm³/mol. The Balaban J connectivity index is 2.64. The normalized spacial score (nSPS) is 10.1. The van der Waals surface area contributed by atoms with Gasteiger partial charge in [-0.15, -0.1) is 0 Å². The number of hydrogen-bond acceptors (Lipinski definition) is 3. The van der Waals surface area contributed by atoms with Crippen molar-refractivity contribution in [3.05, 3.63) is 36.2 Å². The van der Waals surface area contributed by atoms with E-state index in [1.54, 1.807) is 24.5 Å². The summed E-state index contributed by atoms with van der Waals surface area (Å²) in [5.41, 5.74) is 0.878. The van der Waals surface area contributed by atoms with Gasteiger partial charge >= 0.3 is 5.97 Å². The molecule has 0 spiro atoms. The third-order valence-electron chi connectivity index (χ3n) is 1.30. The average Bonchev–Trinajstić information content (AvgIpc) is 2.16. The molecule has 0 saturated heterocycles. The lowest BCUT2D eigenvalue weighted by Gasteiger charge is -1.90. The Morgan fingerprint density at radius 2 is 2.50 bits per heavy atom. The zero-order valence-corrected chi connectivity index (χ0v) is 6.73. The van der Waals surface area contributed by atoms with Crippen molar-refractivity contribution in [2.24, 2.45) is 0 Å². The Hall–Kier alpha value is -1.64. The molecular weight excluding hydrogens is 154 g/mol. The van der Waals surface area contributed by atoms with Crippen LogP contribution in [0.25, 0.3) is 6.08 Å². The second-order valence-electron chi connectivity index (χ2n) is 2.14. The molecule has 0 aromatic carbocycles. The molecular formula is C9H9NO2. The van der Waals surface area contributed by atoms with Crippen molar-refractivity contribution in [2.45, 2.75) is 0 Å². The summed E-state index contributed by atoms with van der Waals surface area (Å²) < 4.78 is 4.43. The molecule has 0 saturated carbocycles. The second kappa shape index (κ2) is 4.28. The molecule has 0 aliphatic rings. The molecule has 0 N–H and O–H groups in total. The number of nitrogens with zero attached hydrogens (tertiary/aromatic N) is 1. The third-order valence-corrected chi connectivity index (χ3v) is 1.30. The van der Waals surface area contributed by atoms with E-state index in [1.165, 1.54) is 13.2 Å². The van der Waals surface area contributed by atoms with E-state index in [0.29, 0.717) is 0 Å². The van der Waals surface area contributed by atoms with Crippen molar-refractivity contribution in [3.63, 3.8) is 0 Å². The van der Waals surface area contributed by atoms with Gasteiger partial charge in [-0.05, 0) is 17.7 Å². The Kier molecular flexibility index (Phi) is 3.02. The van der Waals surface area contributed by atoms with Crippen LogP contribution in [0.3, 0.4) is 0 Å².